The Kier molecular flexibility index (Phi) is 4.07. The molecule has 1 amide bonds. The van der Waals surface area contributed by atoms with Crippen molar-refractivity contribution < 1.29 is 13.2 Å². The minimum absolute atomic E-state index is 0.00723. The molecule has 1 saturated heterocycles. The lowest BCUT2D eigenvalue weighted by Crippen LogP contribution is -2.33. The van der Waals surface area contributed by atoms with Crippen molar-refractivity contribution in [1.29, 1.82) is 0 Å². The number of aromatic amines is 1. The molecule has 1 aromatic carbocycles. The first kappa shape index (κ1) is 18.1. The first-order chi connectivity index (χ1) is 13.9. The summed E-state index contributed by atoms with van der Waals surface area (Å²) >= 11 is 0. The summed E-state index contributed by atoms with van der Waals surface area (Å²) in [7, 11) is -3.82. The Balaban J connectivity index is 1.56. The Morgan fingerprint density at radius 3 is 2.86 bits per heavy atom. The number of carbonyl (C=O) groups excluding carboxylic acids is 1. The van der Waals surface area contributed by atoms with Gasteiger partial charge in [-0.05, 0) is 43.5 Å². The number of benzene rings is 1. The fourth-order valence-electron chi connectivity index (χ4n) is 4.32. The normalized spacial score (nSPS) is 21.7. The number of fused-ring (bicyclic) bond motifs is 3. The number of rotatable bonds is 4. The molecule has 5 rings (SSSR count). The SMILES string of the molecule is NS(=O)(=O)c1cccc(Nc2nc(N3C(=O)C4CCCC3C4)c3cc[nH]c3n2)c1. The molecule has 0 radical (unpaired) electrons. The summed E-state index contributed by atoms with van der Waals surface area (Å²) in [6.07, 6.45) is 5.58. The Bertz CT molecular complexity index is 1220. The first-order valence-electron chi connectivity index (χ1n) is 9.48. The number of sulfonamides is 1. The molecule has 2 atom stereocenters. The third-order valence-electron chi connectivity index (χ3n) is 5.64. The summed E-state index contributed by atoms with van der Waals surface area (Å²) in [6.45, 7) is 0. The summed E-state index contributed by atoms with van der Waals surface area (Å²) in [5, 5.41) is 9.04. The van der Waals surface area contributed by atoms with Gasteiger partial charge in [0, 0.05) is 23.8 Å². The number of anilines is 3. The van der Waals surface area contributed by atoms with Crippen molar-refractivity contribution in [2.75, 3.05) is 10.2 Å². The van der Waals surface area contributed by atoms with E-state index in [0.29, 0.717) is 17.2 Å². The lowest BCUT2D eigenvalue weighted by molar-refractivity contribution is -0.120. The van der Waals surface area contributed by atoms with Crippen LogP contribution in [-0.4, -0.2) is 35.3 Å². The summed E-state index contributed by atoms with van der Waals surface area (Å²) in [4.78, 5) is 26.9. The Morgan fingerprint density at radius 2 is 2.07 bits per heavy atom. The number of amides is 1. The third-order valence-corrected chi connectivity index (χ3v) is 6.55. The number of H-pyrrole nitrogens is 1. The maximum atomic E-state index is 12.9. The maximum Gasteiger partial charge on any atom is 0.238 e. The van der Waals surface area contributed by atoms with Gasteiger partial charge in [-0.1, -0.05) is 12.5 Å². The number of nitrogens with two attached hydrogens (primary N) is 1. The molecule has 0 spiro atoms. The number of carbonyl (C=O) groups is 1. The van der Waals surface area contributed by atoms with E-state index < -0.39 is 10.0 Å². The molecule has 2 unspecified atom stereocenters. The zero-order chi connectivity index (χ0) is 20.2. The van der Waals surface area contributed by atoms with Crippen LogP contribution in [-0.2, 0) is 14.8 Å². The molecule has 2 aromatic heterocycles. The highest BCUT2D eigenvalue weighted by molar-refractivity contribution is 7.89. The van der Waals surface area contributed by atoms with Gasteiger partial charge in [-0.15, -0.1) is 0 Å². The minimum Gasteiger partial charge on any atom is -0.346 e. The van der Waals surface area contributed by atoms with Crippen LogP contribution in [0, 0.1) is 5.92 Å². The molecule has 150 valence electrons. The Morgan fingerprint density at radius 1 is 1.21 bits per heavy atom. The average Bonchev–Trinajstić information content (AvgIpc) is 3.24. The first-order valence-corrected chi connectivity index (χ1v) is 11.0. The van der Waals surface area contributed by atoms with E-state index in [4.69, 9.17) is 5.14 Å². The van der Waals surface area contributed by atoms with Gasteiger partial charge in [0.2, 0.25) is 21.9 Å². The van der Waals surface area contributed by atoms with E-state index in [1.807, 2.05) is 11.0 Å². The van der Waals surface area contributed by atoms with Crippen LogP contribution < -0.4 is 15.4 Å². The molecule has 10 heteroatoms. The molecule has 29 heavy (non-hydrogen) atoms. The highest BCUT2D eigenvalue weighted by Crippen LogP contribution is 2.41. The van der Waals surface area contributed by atoms with Crippen LogP contribution in [0.1, 0.15) is 25.7 Å². The van der Waals surface area contributed by atoms with Crippen LogP contribution in [0.3, 0.4) is 0 Å². The number of primary sulfonamides is 1. The summed E-state index contributed by atoms with van der Waals surface area (Å²) in [6, 6.07) is 8.15. The van der Waals surface area contributed by atoms with Crippen molar-refractivity contribution in [3.8, 4) is 0 Å². The van der Waals surface area contributed by atoms with E-state index in [9.17, 15) is 13.2 Å². The summed E-state index contributed by atoms with van der Waals surface area (Å²) in [5.74, 6) is 1.05. The van der Waals surface area contributed by atoms with Crippen LogP contribution >= 0.6 is 0 Å². The van der Waals surface area contributed by atoms with Gasteiger partial charge in [0.25, 0.3) is 0 Å². The number of nitrogens with one attached hydrogen (secondary N) is 2. The van der Waals surface area contributed by atoms with Crippen LogP contribution in [0.2, 0.25) is 0 Å². The lowest BCUT2D eigenvalue weighted by atomic mass is 9.90. The van der Waals surface area contributed by atoms with Gasteiger partial charge >= 0.3 is 0 Å². The van der Waals surface area contributed by atoms with E-state index in [-0.39, 0.29) is 28.7 Å². The molecule has 1 aliphatic heterocycles. The van der Waals surface area contributed by atoms with E-state index in [0.717, 1.165) is 31.1 Å². The standard InChI is InChI=1S/C19H20N6O3S/c20-29(27,28)14-6-2-4-12(10-14)22-19-23-16-15(7-8-21-16)17(24-19)25-13-5-1-3-11(9-13)18(25)26/h2,4,6-8,10-11,13H,1,3,5,9H2,(H2,20,27,28)(H2,21,22,23,24). The van der Waals surface area contributed by atoms with Crippen molar-refractivity contribution >= 4 is 44.4 Å². The molecule has 3 aromatic rings. The van der Waals surface area contributed by atoms with Crippen LogP contribution in [0.4, 0.5) is 17.5 Å². The van der Waals surface area contributed by atoms with Crippen molar-refractivity contribution in [2.45, 2.75) is 36.6 Å². The third kappa shape index (κ3) is 3.14. The van der Waals surface area contributed by atoms with Gasteiger partial charge in [-0.2, -0.15) is 9.97 Å². The van der Waals surface area contributed by atoms with Gasteiger partial charge in [0.1, 0.15) is 5.65 Å². The zero-order valence-electron chi connectivity index (χ0n) is 15.5. The molecule has 9 nitrogen and oxygen atoms in total. The number of aromatic nitrogens is 3. The summed E-state index contributed by atoms with van der Waals surface area (Å²) in [5.41, 5.74) is 1.09. The van der Waals surface area contributed by atoms with Gasteiger partial charge in [0.05, 0.1) is 10.3 Å². The zero-order valence-corrected chi connectivity index (χ0v) is 16.3. The van der Waals surface area contributed by atoms with Gasteiger partial charge in [0.15, 0.2) is 5.82 Å². The number of hydrogen-bond acceptors (Lipinski definition) is 6. The van der Waals surface area contributed by atoms with Gasteiger partial charge < -0.3 is 10.3 Å². The van der Waals surface area contributed by atoms with Crippen LogP contribution in [0.25, 0.3) is 11.0 Å². The van der Waals surface area contributed by atoms with Gasteiger partial charge in [-0.25, -0.2) is 13.6 Å². The second-order valence-corrected chi connectivity index (χ2v) is 9.10. The van der Waals surface area contributed by atoms with E-state index in [1.54, 1.807) is 18.3 Å². The topological polar surface area (TPSA) is 134 Å². The fraction of sp³-hybridized carbons (Fsp3) is 0.316. The van der Waals surface area contributed by atoms with Gasteiger partial charge in [-0.3, -0.25) is 9.69 Å². The highest BCUT2D eigenvalue weighted by atomic mass is 32.2. The van der Waals surface area contributed by atoms with Crippen molar-refractivity contribution in [1.82, 2.24) is 15.0 Å². The highest BCUT2D eigenvalue weighted by Gasteiger charge is 2.44. The number of nitrogens with zero attached hydrogens (tertiary/aromatic N) is 3. The Hall–Kier alpha value is -2.98. The van der Waals surface area contributed by atoms with E-state index in [2.05, 4.69) is 20.3 Å². The smallest absolute Gasteiger partial charge is 0.238 e. The molecule has 3 heterocycles. The quantitative estimate of drug-likeness (QED) is 0.602. The molecule has 1 saturated carbocycles. The van der Waals surface area contributed by atoms with E-state index in [1.165, 1.54) is 12.1 Å². The summed E-state index contributed by atoms with van der Waals surface area (Å²) < 4.78 is 23.2. The van der Waals surface area contributed by atoms with Crippen molar-refractivity contribution in [3.63, 3.8) is 0 Å². The molecule has 2 aliphatic rings. The molecular formula is C19H20N6O3S. The second kappa shape index (κ2) is 6.53. The predicted octanol–water partition coefficient (Wildman–Crippen LogP) is 2.25. The second-order valence-electron chi connectivity index (χ2n) is 7.53. The maximum absolute atomic E-state index is 12.9. The van der Waals surface area contributed by atoms with Crippen LogP contribution in [0.5, 0.6) is 0 Å². The number of hydrogen-bond donors (Lipinski definition) is 3. The lowest BCUT2D eigenvalue weighted by Gasteiger charge is -2.24. The Labute approximate surface area is 167 Å². The molecular weight excluding hydrogens is 392 g/mol. The monoisotopic (exact) mass is 412 g/mol. The molecule has 2 fully saturated rings. The molecule has 4 N–H and O–H groups in total. The van der Waals surface area contributed by atoms with Crippen molar-refractivity contribution in [2.24, 2.45) is 11.1 Å². The average molecular weight is 412 g/mol. The molecule has 1 aliphatic carbocycles. The fourth-order valence-corrected chi connectivity index (χ4v) is 4.88. The largest absolute Gasteiger partial charge is 0.346 e. The molecule has 2 bridgehead atoms. The minimum atomic E-state index is -3.82. The van der Waals surface area contributed by atoms with E-state index >= 15 is 0 Å². The van der Waals surface area contributed by atoms with Crippen molar-refractivity contribution in [3.05, 3.63) is 36.5 Å². The predicted molar refractivity (Wildman–Crippen MR) is 108 cm³/mol. The van der Waals surface area contributed by atoms with Crippen LogP contribution in [0.15, 0.2) is 41.4 Å².